The number of H-pyrrole nitrogens is 1. The summed E-state index contributed by atoms with van der Waals surface area (Å²) in [7, 11) is -3.46. The van der Waals surface area contributed by atoms with Gasteiger partial charge in [0.05, 0.1) is 40.2 Å². The fourth-order valence-corrected chi connectivity index (χ4v) is 8.57. The van der Waals surface area contributed by atoms with Crippen LogP contribution in [-0.4, -0.2) is 99.3 Å². The molecule has 3 aromatic heterocycles. The van der Waals surface area contributed by atoms with Crippen LogP contribution < -0.4 is 31.1 Å². The number of hydrogen-bond donors (Lipinski definition) is 7. The molecule has 1 unspecified atom stereocenters. The lowest BCUT2D eigenvalue weighted by Crippen LogP contribution is -2.57. The van der Waals surface area contributed by atoms with Gasteiger partial charge in [-0.25, -0.2) is 18.4 Å². The van der Waals surface area contributed by atoms with Crippen molar-refractivity contribution in [1.82, 2.24) is 35.7 Å². The summed E-state index contributed by atoms with van der Waals surface area (Å²) in [4.78, 5) is 64.3. The Bertz CT molecular complexity index is 2560. The minimum absolute atomic E-state index is 0.0254. The standard InChI is InChI=1S/C44H54N10O8S2/c1-6-64(60,61)53-30-16-14-28(15-17-30)37-36(40(45)57)41(52-51-37)49-31-18-19-46-35(21-31)62-20-8-7-9-34(56)50-39(44(3,4)5)43(59)54-24-32(55)22-33(54)42(58)47-23-27-10-12-29(13-11-27)38-26(2)48-25-63-38/h10-19,21,25,32-33,39,53,55H,6-9,20,22-24H2,1-5H3,(H2,45,57)(H,47,58)(H,50,56)(H2,46,49,51,52)/t32-,33+,39?/m1/s1. The molecule has 4 heterocycles. The van der Waals surface area contributed by atoms with Crippen LogP contribution >= 0.6 is 11.3 Å². The Morgan fingerprint density at radius 3 is 2.39 bits per heavy atom. The van der Waals surface area contributed by atoms with Gasteiger partial charge in [-0.05, 0) is 61.4 Å². The first-order valence-electron chi connectivity index (χ1n) is 20.8. The van der Waals surface area contributed by atoms with E-state index in [0.717, 1.165) is 21.7 Å². The third kappa shape index (κ3) is 12.0. The van der Waals surface area contributed by atoms with Crippen molar-refractivity contribution in [1.29, 1.82) is 0 Å². The number of hydrogen-bond acceptors (Lipinski definition) is 13. The number of unbranched alkanes of at least 4 members (excludes halogenated alkanes) is 1. The zero-order valence-corrected chi connectivity index (χ0v) is 37.9. The van der Waals surface area contributed by atoms with E-state index in [0.29, 0.717) is 35.5 Å². The topological polar surface area (TPSA) is 264 Å². The highest BCUT2D eigenvalue weighted by Crippen LogP contribution is 2.31. The molecule has 0 spiro atoms. The van der Waals surface area contributed by atoms with Crippen molar-refractivity contribution in [2.75, 3.05) is 28.9 Å². The lowest BCUT2D eigenvalue weighted by Gasteiger charge is -2.35. The fourth-order valence-electron chi connectivity index (χ4n) is 7.12. The van der Waals surface area contributed by atoms with Crippen LogP contribution in [0.15, 0.2) is 72.4 Å². The second-order valence-electron chi connectivity index (χ2n) is 16.5. The third-order valence-electron chi connectivity index (χ3n) is 10.6. The molecule has 1 aliphatic heterocycles. The van der Waals surface area contributed by atoms with Crippen LogP contribution in [0.3, 0.4) is 0 Å². The number of primary amides is 1. The van der Waals surface area contributed by atoms with Crippen LogP contribution in [0.4, 0.5) is 17.2 Å². The number of aryl methyl sites for hydroxylation is 1. The summed E-state index contributed by atoms with van der Waals surface area (Å²) in [5.74, 6) is -1.54. The van der Waals surface area contributed by atoms with Crippen molar-refractivity contribution in [2.24, 2.45) is 11.1 Å². The van der Waals surface area contributed by atoms with Gasteiger partial charge in [-0.3, -0.25) is 29.0 Å². The number of aromatic amines is 1. The molecule has 1 fully saturated rings. The predicted octanol–water partition coefficient (Wildman–Crippen LogP) is 4.87. The highest BCUT2D eigenvalue weighted by molar-refractivity contribution is 7.92. The Morgan fingerprint density at radius 2 is 1.73 bits per heavy atom. The maximum absolute atomic E-state index is 14.0. The molecular weight excluding hydrogens is 861 g/mol. The number of sulfonamides is 1. The molecule has 5 aromatic rings. The molecule has 0 bridgehead atoms. The van der Waals surface area contributed by atoms with Crippen LogP contribution in [0.25, 0.3) is 21.7 Å². The van der Waals surface area contributed by atoms with E-state index >= 15 is 0 Å². The highest BCUT2D eigenvalue weighted by atomic mass is 32.2. The van der Waals surface area contributed by atoms with E-state index in [9.17, 15) is 32.7 Å². The maximum Gasteiger partial charge on any atom is 0.254 e. The van der Waals surface area contributed by atoms with E-state index in [-0.39, 0.29) is 67.4 Å². The average molecular weight is 915 g/mol. The van der Waals surface area contributed by atoms with E-state index < -0.39 is 45.4 Å². The van der Waals surface area contributed by atoms with Gasteiger partial charge in [0.25, 0.3) is 5.91 Å². The number of thiazole rings is 1. The average Bonchev–Trinajstić information content (AvgIpc) is 4.00. The van der Waals surface area contributed by atoms with Gasteiger partial charge in [0.2, 0.25) is 33.6 Å². The first-order valence-corrected chi connectivity index (χ1v) is 23.4. The molecule has 0 radical (unpaired) electrons. The maximum atomic E-state index is 14.0. The summed E-state index contributed by atoms with van der Waals surface area (Å²) in [6, 6.07) is 15.7. The minimum atomic E-state index is -3.46. The number of aromatic nitrogens is 4. The summed E-state index contributed by atoms with van der Waals surface area (Å²) >= 11 is 1.56. The number of benzene rings is 2. The SMILES string of the molecule is CCS(=O)(=O)Nc1ccc(-c2[nH]nc(Nc3ccnc(OCCCCC(=O)NC(C(=O)N4C[C@H](O)C[C@H]4C(=O)NCc4ccc(-c5scnc5C)cc4)C(C)(C)C)c3)c2C(N)=O)cc1. The number of likely N-dealkylation sites (tertiary alicyclic amines) is 1. The van der Waals surface area contributed by atoms with Crippen LogP contribution in [-0.2, 0) is 31.0 Å². The number of nitrogens with two attached hydrogens (primary N) is 1. The van der Waals surface area contributed by atoms with Crippen LogP contribution in [0, 0.1) is 12.3 Å². The zero-order valence-electron chi connectivity index (χ0n) is 36.3. The fraction of sp³-hybridized carbons (Fsp3) is 0.386. The van der Waals surface area contributed by atoms with Gasteiger partial charge in [0.15, 0.2) is 5.82 Å². The summed E-state index contributed by atoms with van der Waals surface area (Å²) in [5.41, 5.74) is 11.6. The van der Waals surface area contributed by atoms with Gasteiger partial charge in [0.1, 0.15) is 17.6 Å². The molecule has 6 rings (SSSR count). The lowest BCUT2D eigenvalue weighted by molar-refractivity contribution is -0.144. The molecule has 1 saturated heterocycles. The Balaban J connectivity index is 0.980. The number of pyridine rings is 1. The van der Waals surface area contributed by atoms with Crippen molar-refractivity contribution in [3.05, 3.63) is 89.2 Å². The van der Waals surface area contributed by atoms with Crippen molar-refractivity contribution in [3.8, 4) is 27.6 Å². The van der Waals surface area contributed by atoms with Crippen molar-refractivity contribution < 1.29 is 37.4 Å². The normalized spacial score (nSPS) is 15.6. The Kier molecular flexibility index (Phi) is 15.0. The molecule has 0 aliphatic carbocycles. The zero-order chi connectivity index (χ0) is 46.2. The van der Waals surface area contributed by atoms with Gasteiger partial charge >= 0.3 is 0 Å². The van der Waals surface area contributed by atoms with E-state index in [1.165, 1.54) is 18.0 Å². The van der Waals surface area contributed by atoms with Crippen molar-refractivity contribution in [3.63, 3.8) is 0 Å². The lowest BCUT2D eigenvalue weighted by atomic mass is 9.85. The number of β-amino-alcohol motifs (C(OH)–C–C–N with tert-alkyl or cyclic N) is 1. The second kappa shape index (κ2) is 20.4. The molecule has 4 amide bonds. The Labute approximate surface area is 375 Å². The molecule has 1 aliphatic rings. The molecule has 64 heavy (non-hydrogen) atoms. The number of nitrogens with one attached hydrogen (secondary N) is 5. The summed E-state index contributed by atoms with van der Waals surface area (Å²) in [5, 5.41) is 26.5. The van der Waals surface area contributed by atoms with Gasteiger partial charge in [-0.1, -0.05) is 57.2 Å². The quantitative estimate of drug-likeness (QED) is 0.0548. The number of ether oxygens (including phenoxy) is 1. The molecule has 8 N–H and O–H groups in total. The number of nitrogens with zero attached hydrogens (tertiary/aromatic N) is 4. The van der Waals surface area contributed by atoms with E-state index in [4.69, 9.17) is 10.5 Å². The van der Waals surface area contributed by atoms with Gasteiger partial charge < -0.3 is 36.4 Å². The Morgan fingerprint density at radius 1 is 1.02 bits per heavy atom. The van der Waals surface area contributed by atoms with Crippen LogP contribution in [0.5, 0.6) is 5.88 Å². The third-order valence-corrected chi connectivity index (χ3v) is 12.9. The van der Waals surface area contributed by atoms with Crippen molar-refractivity contribution in [2.45, 2.75) is 85.0 Å². The number of carbonyl (C=O) groups excluding carboxylic acids is 4. The summed E-state index contributed by atoms with van der Waals surface area (Å²) in [6.45, 7) is 9.44. The molecule has 3 atom stereocenters. The highest BCUT2D eigenvalue weighted by Gasteiger charge is 2.44. The largest absolute Gasteiger partial charge is 0.478 e. The number of aliphatic hydroxyl groups excluding tert-OH is 1. The number of anilines is 3. The van der Waals surface area contributed by atoms with Crippen LogP contribution in [0.2, 0.25) is 0 Å². The van der Waals surface area contributed by atoms with Gasteiger partial charge in [0, 0.05) is 55.1 Å². The number of carbonyl (C=O) groups is 4. The number of aliphatic hydroxyl groups is 1. The molecule has 18 nitrogen and oxygen atoms in total. The van der Waals surface area contributed by atoms with Crippen molar-refractivity contribution >= 4 is 62.2 Å². The molecule has 20 heteroatoms. The number of rotatable bonds is 19. The van der Waals surface area contributed by atoms with Gasteiger partial charge in [-0.15, -0.1) is 11.3 Å². The number of amides is 4. The predicted molar refractivity (Wildman–Crippen MR) is 244 cm³/mol. The molecule has 340 valence electrons. The first-order chi connectivity index (χ1) is 30.4. The second-order valence-corrected chi connectivity index (χ2v) is 19.4. The van der Waals surface area contributed by atoms with E-state index in [1.807, 2.05) is 52.0 Å². The van der Waals surface area contributed by atoms with E-state index in [1.54, 1.807) is 53.2 Å². The summed E-state index contributed by atoms with van der Waals surface area (Å²) in [6.07, 6.45) is 1.76. The molecule has 2 aromatic carbocycles. The van der Waals surface area contributed by atoms with E-state index in [2.05, 4.69) is 40.8 Å². The molecular formula is C44H54N10O8S2. The van der Waals surface area contributed by atoms with Gasteiger partial charge in [-0.2, -0.15) is 5.10 Å². The minimum Gasteiger partial charge on any atom is -0.478 e. The first kappa shape index (κ1) is 47.1. The van der Waals surface area contributed by atoms with Crippen LogP contribution in [0.1, 0.15) is 75.0 Å². The molecule has 0 saturated carbocycles. The monoisotopic (exact) mass is 914 g/mol. The Hall–Kier alpha value is -6.38. The summed E-state index contributed by atoms with van der Waals surface area (Å²) < 4.78 is 32.2. The smallest absolute Gasteiger partial charge is 0.254 e.